The fourth-order valence-electron chi connectivity index (χ4n) is 5.25. The summed E-state index contributed by atoms with van der Waals surface area (Å²) >= 11 is 1.90. The third kappa shape index (κ3) is 3.39. The lowest BCUT2D eigenvalue weighted by atomic mass is 9.95. The minimum atomic E-state index is 0.0336. The predicted molar refractivity (Wildman–Crippen MR) is 130 cm³/mol. The molecule has 1 fully saturated rings. The van der Waals surface area contributed by atoms with Gasteiger partial charge in [-0.3, -0.25) is 9.98 Å². The van der Waals surface area contributed by atoms with Gasteiger partial charge in [0.2, 0.25) is 0 Å². The Balaban J connectivity index is 1.65. The summed E-state index contributed by atoms with van der Waals surface area (Å²) in [6, 6.07) is 16.1. The molecule has 5 rings (SSSR count). The van der Waals surface area contributed by atoms with Gasteiger partial charge in [-0.25, -0.2) is 0 Å². The Kier molecular flexibility index (Phi) is 5.17. The number of nitrogens with zero attached hydrogens (tertiary/aromatic N) is 4. The normalized spacial score (nSPS) is 22.7. The predicted octanol–water partition coefficient (Wildman–Crippen LogP) is 6.09. The maximum atomic E-state index is 5.19. The molecule has 2 aliphatic rings. The lowest BCUT2D eigenvalue weighted by Gasteiger charge is -2.32. The summed E-state index contributed by atoms with van der Waals surface area (Å²) in [5.74, 6) is 1.12. The molecular formula is C26H30N4S. The zero-order valence-corrected chi connectivity index (χ0v) is 19.8. The highest BCUT2D eigenvalue weighted by molar-refractivity contribution is 8.14. The van der Waals surface area contributed by atoms with E-state index in [1.165, 1.54) is 38.9 Å². The number of hydrogen-bond acceptors (Lipinski definition) is 4. The van der Waals surface area contributed by atoms with Crippen molar-refractivity contribution in [3.05, 3.63) is 82.4 Å². The van der Waals surface area contributed by atoms with Crippen LogP contribution in [0.5, 0.6) is 0 Å². The van der Waals surface area contributed by atoms with Crippen molar-refractivity contribution >= 4 is 16.9 Å². The van der Waals surface area contributed by atoms with Gasteiger partial charge in [-0.15, -0.1) is 0 Å². The van der Waals surface area contributed by atoms with E-state index in [2.05, 4.69) is 80.5 Å². The minimum Gasteiger partial charge on any atom is -0.338 e. The Hall–Kier alpha value is -2.53. The van der Waals surface area contributed by atoms with Crippen molar-refractivity contribution in [2.75, 3.05) is 5.75 Å². The zero-order chi connectivity index (χ0) is 21.7. The molecular weight excluding hydrogens is 400 g/mol. The van der Waals surface area contributed by atoms with Gasteiger partial charge in [-0.1, -0.05) is 30.8 Å². The van der Waals surface area contributed by atoms with E-state index < -0.39 is 0 Å². The molecule has 0 saturated carbocycles. The van der Waals surface area contributed by atoms with Crippen LogP contribution in [-0.2, 0) is 0 Å². The summed E-state index contributed by atoms with van der Waals surface area (Å²) in [6.07, 6.45) is 3.02. The molecule has 0 spiro atoms. The molecule has 0 unspecified atom stereocenters. The summed E-state index contributed by atoms with van der Waals surface area (Å²) in [5, 5.41) is 1.18. The molecule has 3 atom stereocenters. The van der Waals surface area contributed by atoms with E-state index in [0.717, 1.165) is 17.9 Å². The van der Waals surface area contributed by atoms with Crippen molar-refractivity contribution in [3.63, 3.8) is 0 Å². The lowest BCUT2D eigenvalue weighted by molar-refractivity contribution is 0.254. The van der Waals surface area contributed by atoms with E-state index >= 15 is 0 Å². The van der Waals surface area contributed by atoms with E-state index in [1.54, 1.807) is 0 Å². The summed E-state index contributed by atoms with van der Waals surface area (Å²) in [4.78, 5) is 12.5. The highest BCUT2D eigenvalue weighted by Gasteiger charge is 2.46. The average molecular weight is 431 g/mol. The SMILES string of the molecule is CC[C@H]1CSC2=N[C@H](c3ccccn3)[C@@H](c3cc(C)n(-c4cc(C)cc(C)c4)c3C)N21. The quantitative estimate of drug-likeness (QED) is 0.502. The molecule has 31 heavy (non-hydrogen) atoms. The Bertz CT molecular complexity index is 1130. The Morgan fingerprint density at radius 2 is 1.81 bits per heavy atom. The Morgan fingerprint density at radius 3 is 2.48 bits per heavy atom. The van der Waals surface area contributed by atoms with Crippen molar-refractivity contribution in [2.45, 2.75) is 59.2 Å². The van der Waals surface area contributed by atoms with Gasteiger partial charge >= 0.3 is 0 Å². The summed E-state index contributed by atoms with van der Waals surface area (Å²) in [7, 11) is 0. The first-order chi connectivity index (χ1) is 15.0. The van der Waals surface area contributed by atoms with Crippen LogP contribution in [0.4, 0.5) is 0 Å². The smallest absolute Gasteiger partial charge is 0.160 e. The molecule has 0 radical (unpaired) electrons. The fourth-order valence-corrected chi connectivity index (χ4v) is 6.59. The van der Waals surface area contributed by atoms with Gasteiger partial charge in [0, 0.05) is 35.1 Å². The topological polar surface area (TPSA) is 33.4 Å². The number of pyridine rings is 1. The maximum Gasteiger partial charge on any atom is 0.160 e. The number of rotatable bonds is 4. The van der Waals surface area contributed by atoms with E-state index in [1.807, 2.05) is 24.0 Å². The lowest BCUT2D eigenvalue weighted by Crippen LogP contribution is -2.35. The fraction of sp³-hybridized carbons (Fsp3) is 0.385. The van der Waals surface area contributed by atoms with Crippen LogP contribution in [-0.4, -0.2) is 31.4 Å². The number of thioether (sulfide) groups is 1. The molecule has 0 bridgehead atoms. The van der Waals surface area contributed by atoms with Gasteiger partial charge in [0.25, 0.3) is 0 Å². The number of benzene rings is 1. The molecule has 2 aromatic heterocycles. The van der Waals surface area contributed by atoms with E-state index in [-0.39, 0.29) is 12.1 Å². The minimum absolute atomic E-state index is 0.0336. The summed E-state index contributed by atoms with van der Waals surface area (Å²) in [6.45, 7) is 11.1. The number of fused-ring (bicyclic) bond motifs is 1. The number of aromatic nitrogens is 2. The second kappa shape index (κ2) is 7.86. The third-order valence-corrected chi connectivity index (χ3v) is 7.71. The second-order valence-corrected chi connectivity index (χ2v) is 9.83. The van der Waals surface area contributed by atoms with Crippen molar-refractivity contribution in [2.24, 2.45) is 4.99 Å². The van der Waals surface area contributed by atoms with Gasteiger partial charge in [-0.05, 0) is 81.1 Å². The molecule has 4 nitrogen and oxygen atoms in total. The standard InChI is InChI=1S/C26H30N4S/c1-6-20-15-31-26-28-24(23-9-7-8-10-27-23)25(30(20)26)22-14-18(4)29(19(22)5)21-12-16(2)11-17(3)13-21/h7-14,20,24-25H,6,15H2,1-5H3/t20-,24+,25+/m0/s1. The molecule has 0 N–H and O–H groups in total. The highest BCUT2D eigenvalue weighted by atomic mass is 32.2. The molecule has 1 aromatic carbocycles. The van der Waals surface area contributed by atoms with Gasteiger partial charge in [-0.2, -0.15) is 0 Å². The largest absolute Gasteiger partial charge is 0.338 e. The van der Waals surface area contributed by atoms with Crippen molar-refractivity contribution in [3.8, 4) is 5.69 Å². The van der Waals surface area contributed by atoms with Gasteiger partial charge in [0.05, 0.1) is 11.7 Å². The highest BCUT2D eigenvalue weighted by Crippen LogP contribution is 2.49. The molecule has 5 heteroatoms. The van der Waals surface area contributed by atoms with Crippen LogP contribution in [0.3, 0.4) is 0 Å². The van der Waals surface area contributed by atoms with Crippen LogP contribution in [0, 0.1) is 27.7 Å². The second-order valence-electron chi connectivity index (χ2n) is 8.84. The van der Waals surface area contributed by atoms with E-state index in [0.29, 0.717) is 6.04 Å². The van der Waals surface area contributed by atoms with Crippen LogP contribution in [0.25, 0.3) is 5.69 Å². The van der Waals surface area contributed by atoms with Crippen LogP contribution >= 0.6 is 11.8 Å². The summed E-state index contributed by atoms with van der Waals surface area (Å²) < 4.78 is 2.41. The maximum absolute atomic E-state index is 5.19. The van der Waals surface area contributed by atoms with E-state index in [9.17, 15) is 0 Å². The molecule has 3 aromatic rings. The molecule has 0 aliphatic carbocycles. The van der Waals surface area contributed by atoms with Crippen molar-refractivity contribution in [1.82, 2.24) is 14.5 Å². The third-order valence-electron chi connectivity index (χ3n) is 6.58. The monoisotopic (exact) mass is 430 g/mol. The molecule has 4 heterocycles. The molecule has 2 aliphatic heterocycles. The van der Waals surface area contributed by atoms with Gasteiger partial charge in [0.1, 0.15) is 6.04 Å². The molecule has 0 amide bonds. The van der Waals surface area contributed by atoms with Gasteiger partial charge in [0.15, 0.2) is 5.17 Å². The molecule has 1 saturated heterocycles. The van der Waals surface area contributed by atoms with Crippen molar-refractivity contribution in [1.29, 1.82) is 0 Å². The Labute approximate surface area is 189 Å². The number of amidine groups is 1. The first kappa shape index (κ1) is 20.4. The van der Waals surface area contributed by atoms with Gasteiger partial charge < -0.3 is 9.47 Å². The number of aryl methyl sites for hydroxylation is 3. The number of aliphatic imine (C=N–C) groups is 1. The first-order valence-electron chi connectivity index (χ1n) is 11.1. The van der Waals surface area contributed by atoms with Crippen molar-refractivity contribution < 1.29 is 0 Å². The molecule has 160 valence electrons. The average Bonchev–Trinajstić information content (AvgIpc) is 3.39. The number of hydrogen-bond donors (Lipinski definition) is 0. The zero-order valence-electron chi connectivity index (χ0n) is 19.0. The van der Waals surface area contributed by atoms with E-state index in [4.69, 9.17) is 9.98 Å². The summed E-state index contributed by atoms with van der Waals surface area (Å²) in [5.41, 5.74) is 8.83. The van der Waals surface area contributed by atoms with Crippen LogP contribution in [0.15, 0.2) is 53.7 Å². The van der Waals surface area contributed by atoms with Crippen LogP contribution in [0.1, 0.15) is 59.2 Å². The van der Waals surface area contributed by atoms with Crippen LogP contribution < -0.4 is 0 Å². The van der Waals surface area contributed by atoms with Crippen LogP contribution in [0.2, 0.25) is 0 Å². The first-order valence-corrected chi connectivity index (χ1v) is 12.1. The Morgan fingerprint density at radius 1 is 1.03 bits per heavy atom.